The van der Waals surface area contributed by atoms with Gasteiger partial charge in [0.25, 0.3) is 0 Å². The van der Waals surface area contributed by atoms with Crippen LogP contribution in [-0.4, -0.2) is 0 Å². The molecule has 0 bridgehead atoms. The molecule has 1 saturated carbocycles. The fraction of sp³-hybridized carbons (Fsp3) is 0.545. The van der Waals surface area contributed by atoms with Crippen molar-refractivity contribution < 1.29 is 0 Å². The van der Waals surface area contributed by atoms with Crippen molar-refractivity contribution in [3.63, 3.8) is 0 Å². The highest BCUT2D eigenvalue weighted by Crippen LogP contribution is 2.35. The Morgan fingerprint density at radius 1 is 1.14 bits per heavy atom. The Bertz CT molecular complexity index is 503. The summed E-state index contributed by atoms with van der Waals surface area (Å²) in [5, 5.41) is 0. The number of hydrogen-bond acceptors (Lipinski definition) is 0. The van der Waals surface area contributed by atoms with Crippen molar-refractivity contribution in [2.24, 2.45) is 17.8 Å². The lowest BCUT2D eigenvalue weighted by atomic mass is 9.75. The first-order chi connectivity index (χ1) is 10.8. The monoisotopic (exact) mass is 294 g/mol. The Morgan fingerprint density at radius 3 is 2.36 bits per heavy atom. The van der Waals surface area contributed by atoms with Gasteiger partial charge in [0.1, 0.15) is 0 Å². The van der Waals surface area contributed by atoms with Gasteiger partial charge in [-0.2, -0.15) is 0 Å². The molecule has 22 heavy (non-hydrogen) atoms. The highest BCUT2D eigenvalue weighted by atomic mass is 14.3. The number of benzene rings is 1. The molecule has 0 nitrogen and oxygen atoms in total. The molecular formula is C22H30. The van der Waals surface area contributed by atoms with Crippen molar-refractivity contribution in [3.05, 3.63) is 48.0 Å². The SMILES string of the molecule is C=CC(CC)[C@H]1CC[C@H](C#Cc2ccc(CCC)cc2)CC1. The molecule has 118 valence electrons. The molecule has 0 radical (unpaired) electrons. The van der Waals surface area contributed by atoms with Gasteiger partial charge in [0.2, 0.25) is 0 Å². The Morgan fingerprint density at radius 2 is 1.82 bits per heavy atom. The van der Waals surface area contributed by atoms with Crippen LogP contribution in [0, 0.1) is 29.6 Å². The highest BCUT2D eigenvalue weighted by molar-refractivity contribution is 5.36. The molecular weight excluding hydrogens is 264 g/mol. The van der Waals surface area contributed by atoms with Crippen molar-refractivity contribution in [1.29, 1.82) is 0 Å². The molecule has 1 unspecified atom stereocenters. The number of aryl methyl sites for hydroxylation is 1. The quantitative estimate of drug-likeness (QED) is 0.461. The molecule has 0 heteroatoms. The second-order valence-corrected chi connectivity index (χ2v) is 6.64. The average Bonchev–Trinajstić information content (AvgIpc) is 2.57. The molecule has 0 N–H and O–H groups in total. The van der Waals surface area contributed by atoms with Crippen molar-refractivity contribution in [1.82, 2.24) is 0 Å². The predicted octanol–water partition coefficient (Wildman–Crippen LogP) is 6.01. The van der Waals surface area contributed by atoms with E-state index in [1.165, 1.54) is 56.1 Å². The first-order valence-corrected chi connectivity index (χ1v) is 8.99. The third-order valence-electron chi connectivity index (χ3n) is 5.06. The van der Waals surface area contributed by atoms with Gasteiger partial charge in [-0.1, -0.05) is 50.3 Å². The van der Waals surface area contributed by atoms with E-state index in [4.69, 9.17) is 0 Å². The van der Waals surface area contributed by atoms with E-state index in [2.05, 4.69) is 62.6 Å². The predicted molar refractivity (Wildman–Crippen MR) is 96.7 cm³/mol. The normalized spacial score (nSPS) is 22.5. The maximum absolute atomic E-state index is 3.99. The van der Waals surface area contributed by atoms with Crippen LogP contribution >= 0.6 is 0 Å². The van der Waals surface area contributed by atoms with Gasteiger partial charge < -0.3 is 0 Å². The van der Waals surface area contributed by atoms with Crippen LogP contribution in [0.1, 0.15) is 63.5 Å². The lowest BCUT2D eigenvalue weighted by Crippen LogP contribution is -2.19. The molecule has 1 aromatic rings. The van der Waals surface area contributed by atoms with E-state index >= 15 is 0 Å². The van der Waals surface area contributed by atoms with E-state index in [9.17, 15) is 0 Å². The molecule has 0 heterocycles. The summed E-state index contributed by atoms with van der Waals surface area (Å²) in [6, 6.07) is 8.80. The highest BCUT2D eigenvalue weighted by Gasteiger charge is 2.24. The summed E-state index contributed by atoms with van der Waals surface area (Å²) in [5.74, 6) is 9.04. The van der Waals surface area contributed by atoms with Crippen molar-refractivity contribution >= 4 is 0 Å². The van der Waals surface area contributed by atoms with Gasteiger partial charge >= 0.3 is 0 Å². The zero-order chi connectivity index (χ0) is 15.8. The summed E-state index contributed by atoms with van der Waals surface area (Å²) in [4.78, 5) is 0. The Kier molecular flexibility index (Phi) is 6.78. The molecule has 0 aliphatic heterocycles. The molecule has 1 fully saturated rings. The summed E-state index contributed by atoms with van der Waals surface area (Å²) in [7, 11) is 0. The van der Waals surface area contributed by atoms with Gasteiger partial charge in [-0.3, -0.25) is 0 Å². The maximum Gasteiger partial charge on any atom is 0.0245 e. The van der Waals surface area contributed by atoms with Gasteiger partial charge in [-0.15, -0.1) is 6.58 Å². The smallest absolute Gasteiger partial charge is 0.0245 e. The Labute approximate surface area is 137 Å². The van der Waals surface area contributed by atoms with E-state index in [0.29, 0.717) is 11.8 Å². The summed E-state index contributed by atoms with van der Waals surface area (Å²) in [5.41, 5.74) is 2.59. The van der Waals surface area contributed by atoms with Gasteiger partial charge in [-0.05, 0) is 68.1 Å². The van der Waals surface area contributed by atoms with Crippen LogP contribution in [0.4, 0.5) is 0 Å². The molecule has 0 spiro atoms. The molecule has 1 aliphatic rings. The van der Waals surface area contributed by atoms with Crippen LogP contribution in [0.25, 0.3) is 0 Å². The maximum atomic E-state index is 3.99. The van der Waals surface area contributed by atoms with E-state index in [1.54, 1.807) is 0 Å². The lowest BCUT2D eigenvalue weighted by molar-refractivity contribution is 0.254. The summed E-state index contributed by atoms with van der Waals surface area (Å²) in [6.45, 7) is 8.49. The zero-order valence-corrected chi connectivity index (χ0v) is 14.3. The van der Waals surface area contributed by atoms with E-state index < -0.39 is 0 Å². The van der Waals surface area contributed by atoms with Gasteiger partial charge in [0.05, 0.1) is 0 Å². The molecule has 0 aromatic heterocycles. The fourth-order valence-electron chi connectivity index (χ4n) is 3.61. The molecule has 1 atom stereocenters. The molecule has 1 aliphatic carbocycles. The van der Waals surface area contributed by atoms with Crippen LogP contribution < -0.4 is 0 Å². The second kappa shape index (κ2) is 8.84. The molecule has 1 aromatic carbocycles. The zero-order valence-electron chi connectivity index (χ0n) is 14.3. The summed E-state index contributed by atoms with van der Waals surface area (Å²) in [6.07, 6.45) is 10.9. The van der Waals surface area contributed by atoms with E-state index in [1.807, 2.05) is 0 Å². The second-order valence-electron chi connectivity index (χ2n) is 6.64. The van der Waals surface area contributed by atoms with Crippen LogP contribution in [0.5, 0.6) is 0 Å². The summed E-state index contributed by atoms with van der Waals surface area (Å²) < 4.78 is 0. The lowest BCUT2D eigenvalue weighted by Gasteiger charge is -2.30. The number of allylic oxidation sites excluding steroid dienone is 1. The van der Waals surface area contributed by atoms with E-state index in [0.717, 1.165) is 5.92 Å². The number of rotatable bonds is 5. The third kappa shape index (κ3) is 4.77. The number of hydrogen-bond donors (Lipinski definition) is 0. The molecule has 0 amide bonds. The average molecular weight is 294 g/mol. The standard InChI is InChI=1S/C22H30/c1-4-7-18-8-10-19(11-9-18)12-13-20-14-16-22(17-15-20)21(5-2)6-3/h5,8-11,20-22H,2,4,6-7,14-17H2,1,3H3/t20-,21?,22-. The van der Waals surface area contributed by atoms with Crippen LogP contribution in [-0.2, 0) is 6.42 Å². The minimum absolute atomic E-state index is 0.592. The van der Waals surface area contributed by atoms with Crippen molar-refractivity contribution in [2.75, 3.05) is 0 Å². The topological polar surface area (TPSA) is 0 Å². The Balaban J connectivity index is 1.87. The van der Waals surface area contributed by atoms with Crippen LogP contribution in [0.3, 0.4) is 0 Å². The first-order valence-electron chi connectivity index (χ1n) is 8.99. The van der Waals surface area contributed by atoms with Crippen LogP contribution in [0.15, 0.2) is 36.9 Å². The van der Waals surface area contributed by atoms with Gasteiger partial charge in [0, 0.05) is 11.5 Å². The van der Waals surface area contributed by atoms with Crippen LogP contribution in [0.2, 0.25) is 0 Å². The van der Waals surface area contributed by atoms with Crippen molar-refractivity contribution in [3.8, 4) is 11.8 Å². The van der Waals surface area contributed by atoms with E-state index in [-0.39, 0.29) is 0 Å². The first kappa shape index (κ1) is 16.9. The largest absolute Gasteiger partial charge is 0.103 e. The van der Waals surface area contributed by atoms with Gasteiger partial charge in [0.15, 0.2) is 0 Å². The van der Waals surface area contributed by atoms with Crippen molar-refractivity contribution in [2.45, 2.75) is 58.8 Å². The van der Waals surface area contributed by atoms with Gasteiger partial charge in [-0.25, -0.2) is 0 Å². The fourth-order valence-corrected chi connectivity index (χ4v) is 3.61. The minimum Gasteiger partial charge on any atom is -0.103 e. The molecule has 2 rings (SSSR count). The Hall–Kier alpha value is -1.48. The third-order valence-corrected chi connectivity index (χ3v) is 5.06. The summed E-state index contributed by atoms with van der Waals surface area (Å²) >= 11 is 0. The minimum atomic E-state index is 0.592. The molecule has 0 saturated heterocycles.